The molecule has 0 N–H and O–H groups in total. The van der Waals surface area contributed by atoms with Crippen molar-refractivity contribution in [2.45, 2.75) is 158 Å². The van der Waals surface area contributed by atoms with Crippen molar-refractivity contribution in [2.24, 2.45) is 0 Å². The molecule has 0 amide bonds. The predicted molar refractivity (Wildman–Crippen MR) is 175 cm³/mol. The fourth-order valence-electron chi connectivity index (χ4n) is 5.89. The van der Waals surface area contributed by atoms with E-state index in [4.69, 9.17) is 0 Å². The molecule has 0 spiro atoms. The quantitative estimate of drug-likeness (QED) is 0.0876. The molecule has 0 radical (unpaired) electrons. The molecule has 2 heteroatoms. The van der Waals surface area contributed by atoms with Gasteiger partial charge in [-0.15, -0.1) is 0 Å². The molecule has 0 saturated heterocycles. The van der Waals surface area contributed by atoms with E-state index in [1.807, 2.05) is 0 Å². The summed E-state index contributed by atoms with van der Waals surface area (Å²) >= 11 is 0. The van der Waals surface area contributed by atoms with Crippen molar-refractivity contribution >= 4 is 14.5 Å². The molecule has 0 atom stereocenters. The average molecular weight is 521 g/mol. The van der Waals surface area contributed by atoms with Crippen molar-refractivity contribution in [3.8, 4) is 0 Å². The Bertz CT molecular complexity index is 345. The predicted octanol–water partition coefficient (Wildman–Crippen LogP) is 11.9. The van der Waals surface area contributed by atoms with Gasteiger partial charge in [-0.1, -0.05) is 0 Å². The minimum atomic E-state index is -0.908. The van der Waals surface area contributed by atoms with Gasteiger partial charge in [0.25, 0.3) is 0 Å². The van der Waals surface area contributed by atoms with Crippen molar-refractivity contribution in [3.63, 3.8) is 0 Å². The molecule has 0 fully saturated rings. The zero-order chi connectivity index (χ0) is 26.0. The second-order valence-corrected chi connectivity index (χ2v) is 22.3. The molecular weight excluding hydrogens is 446 g/mol. The maximum atomic E-state index is 2.43. The standard InChI is InChI=1S/C18H41P.C14H33P/c1-5-9-13-14-18-19(15-10-6-2,16-11-7-3)17-12-8-4;1-5-9-10-11-12-13-14-15(6-2,7-3)8-4/h19H,5-18H2,1-4H3;15H,5-14H2,1-4H3. The van der Waals surface area contributed by atoms with E-state index in [1.165, 1.54) is 121 Å². The molecule has 0 aliphatic carbocycles. The van der Waals surface area contributed by atoms with Gasteiger partial charge in [-0.25, -0.2) is 0 Å². The van der Waals surface area contributed by atoms with E-state index >= 15 is 0 Å². The molecule has 0 unspecified atom stereocenters. The Morgan fingerprint density at radius 2 is 0.529 bits per heavy atom. The van der Waals surface area contributed by atoms with Crippen LogP contribution >= 0.6 is 14.5 Å². The monoisotopic (exact) mass is 521 g/mol. The van der Waals surface area contributed by atoms with Gasteiger partial charge in [0.2, 0.25) is 0 Å². The summed E-state index contributed by atoms with van der Waals surface area (Å²) in [4.78, 5) is 0. The van der Waals surface area contributed by atoms with Gasteiger partial charge in [0.1, 0.15) is 0 Å². The molecule has 0 rings (SSSR count). The van der Waals surface area contributed by atoms with Crippen LogP contribution in [-0.2, 0) is 0 Å². The molecule has 0 heterocycles. The second kappa shape index (κ2) is 26.9. The summed E-state index contributed by atoms with van der Waals surface area (Å²) < 4.78 is 0. The van der Waals surface area contributed by atoms with Crippen LogP contribution in [0.3, 0.4) is 0 Å². The van der Waals surface area contributed by atoms with Crippen LogP contribution in [0.4, 0.5) is 0 Å². The molecule has 0 aromatic carbocycles. The normalized spacial score (nSPS) is 12.9. The first kappa shape index (κ1) is 37.0. The van der Waals surface area contributed by atoms with Crippen LogP contribution in [0.5, 0.6) is 0 Å². The SMILES string of the molecule is CCCCCCCC[PH](CC)(CC)CC.CCCCCC[PH](CCCC)(CCCC)CCCC. The van der Waals surface area contributed by atoms with E-state index < -0.39 is 14.5 Å². The van der Waals surface area contributed by atoms with Crippen molar-refractivity contribution in [1.29, 1.82) is 0 Å². The maximum absolute atomic E-state index is 2.43. The Hall–Kier alpha value is 0.860. The molecule has 34 heavy (non-hydrogen) atoms. The summed E-state index contributed by atoms with van der Waals surface area (Å²) in [5.41, 5.74) is 0. The van der Waals surface area contributed by atoms with Gasteiger partial charge < -0.3 is 0 Å². The van der Waals surface area contributed by atoms with Gasteiger partial charge in [-0.05, 0) is 0 Å². The van der Waals surface area contributed by atoms with Crippen LogP contribution < -0.4 is 0 Å². The summed E-state index contributed by atoms with van der Waals surface area (Å²) in [5.74, 6) is 0. The minimum absolute atomic E-state index is 0.786. The van der Waals surface area contributed by atoms with E-state index in [0.29, 0.717) is 0 Å². The van der Waals surface area contributed by atoms with E-state index in [0.717, 1.165) is 0 Å². The Labute approximate surface area is 221 Å². The Morgan fingerprint density at radius 1 is 0.265 bits per heavy atom. The topological polar surface area (TPSA) is 0 Å². The molecule has 0 saturated carbocycles. The van der Waals surface area contributed by atoms with Gasteiger partial charge in [0.05, 0.1) is 0 Å². The summed E-state index contributed by atoms with van der Waals surface area (Å²) in [6.45, 7) is 19.0. The van der Waals surface area contributed by atoms with Crippen LogP contribution in [0, 0.1) is 0 Å². The zero-order valence-corrected chi connectivity index (χ0v) is 28.0. The third-order valence-corrected chi connectivity index (χ3v) is 20.6. The summed E-state index contributed by atoms with van der Waals surface area (Å²) in [6, 6.07) is 0. The molecule has 0 aliphatic rings. The van der Waals surface area contributed by atoms with Gasteiger partial charge in [-0.2, -0.15) is 0 Å². The van der Waals surface area contributed by atoms with Crippen LogP contribution in [-0.4, -0.2) is 49.3 Å². The van der Waals surface area contributed by atoms with E-state index in [1.54, 1.807) is 30.8 Å². The third-order valence-electron chi connectivity index (χ3n) is 9.05. The van der Waals surface area contributed by atoms with Crippen molar-refractivity contribution in [1.82, 2.24) is 0 Å². The first-order valence-corrected chi connectivity index (χ1v) is 22.1. The Balaban J connectivity index is 0. The first-order chi connectivity index (χ1) is 16.5. The van der Waals surface area contributed by atoms with Crippen LogP contribution in [0.2, 0.25) is 0 Å². The van der Waals surface area contributed by atoms with Crippen LogP contribution in [0.15, 0.2) is 0 Å². The van der Waals surface area contributed by atoms with Crippen LogP contribution in [0.25, 0.3) is 0 Å². The second-order valence-electron chi connectivity index (χ2n) is 11.7. The molecule has 0 nitrogen and oxygen atoms in total. The Morgan fingerprint density at radius 3 is 0.882 bits per heavy atom. The fraction of sp³-hybridized carbons (Fsp3) is 1.00. The van der Waals surface area contributed by atoms with Crippen molar-refractivity contribution in [2.75, 3.05) is 49.3 Å². The molecule has 0 aliphatic heterocycles. The van der Waals surface area contributed by atoms with Crippen molar-refractivity contribution < 1.29 is 0 Å². The average Bonchev–Trinajstić information content (AvgIpc) is 2.87. The van der Waals surface area contributed by atoms with Crippen molar-refractivity contribution in [3.05, 3.63) is 0 Å². The third kappa shape index (κ3) is 20.0. The molecule has 212 valence electrons. The molecular formula is C32H74P2. The number of hydrogen-bond acceptors (Lipinski definition) is 0. The van der Waals surface area contributed by atoms with E-state index in [2.05, 4.69) is 55.4 Å². The molecule has 0 bridgehead atoms. The zero-order valence-electron chi connectivity index (χ0n) is 26.0. The summed E-state index contributed by atoms with van der Waals surface area (Å²) in [6.07, 6.45) is 36.1. The molecule has 0 aromatic heterocycles. The number of rotatable bonds is 24. The summed E-state index contributed by atoms with van der Waals surface area (Å²) in [7, 11) is -1.69. The summed E-state index contributed by atoms with van der Waals surface area (Å²) in [5, 5.41) is 0. The number of unbranched alkanes of at least 4 members (excludes halogenated alkanes) is 11. The van der Waals surface area contributed by atoms with Gasteiger partial charge in [0, 0.05) is 0 Å². The van der Waals surface area contributed by atoms with Crippen LogP contribution in [0.1, 0.15) is 158 Å². The van der Waals surface area contributed by atoms with E-state index in [9.17, 15) is 0 Å². The van der Waals surface area contributed by atoms with Gasteiger partial charge >= 0.3 is 222 Å². The van der Waals surface area contributed by atoms with Gasteiger partial charge in [-0.3, -0.25) is 0 Å². The number of hydrogen-bond donors (Lipinski definition) is 0. The fourth-order valence-corrected chi connectivity index (χ4v) is 15.3. The first-order valence-electron chi connectivity index (χ1n) is 16.5. The molecule has 0 aromatic rings. The van der Waals surface area contributed by atoms with E-state index in [-0.39, 0.29) is 0 Å². The van der Waals surface area contributed by atoms with Gasteiger partial charge in [0.15, 0.2) is 0 Å². The Kier molecular flexibility index (Phi) is 29.3.